The Balaban J connectivity index is 1.91. The minimum atomic E-state index is -0.353. The fourth-order valence-corrected chi connectivity index (χ4v) is 4.01. The van der Waals surface area contributed by atoms with Gasteiger partial charge >= 0.3 is 0 Å². The molecule has 0 fully saturated rings. The van der Waals surface area contributed by atoms with Crippen molar-refractivity contribution in [2.45, 2.75) is 13.8 Å². The van der Waals surface area contributed by atoms with Crippen LogP contribution in [-0.2, 0) is 0 Å². The molecular weight excluding hydrogens is 320 g/mol. The minimum absolute atomic E-state index is 0.0493. The number of nitrogens with one attached hydrogen (secondary N) is 1. The van der Waals surface area contributed by atoms with Crippen LogP contribution in [0.4, 0.5) is 0 Å². The summed E-state index contributed by atoms with van der Waals surface area (Å²) < 4.78 is 0. The quantitative estimate of drug-likeness (QED) is 0.756. The number of aromatic amines is 1. The number of rotatable bonds is 2. The summed E-state index contributed by atoms with van der Waals surface area (Å²) in [5, 5.41) is 12.0. The number of nitrogens with zero attached hydrogens (tertiary/aromatic N) is 3. The van der Waals surface area contributed by atoms with Crippen molar-refractivity contribution in [2.24, 2.45) is 4.99 Å². The summed E-state index contributed by atoms with van der Waals surface area (Å²) >= 11 is 2.90. The number of amides is 1. The van der Waals surface area contributed by atoms with E-state index in [2.05, 4.69) is 19.9 Å². The molecule has 6 nitrogen and oxygen atoms in total. The third kappa shape index (κ3) is 1.84. The topological polar surface area (TPSA) is 91.2 Å². The van der Waals surface area contributed by atoms with Crippen molar-refractivity contribution in [3.8, 4) is 16.5 Å². The van der Waals surface area contributed by atoms with Gasteiger partial charge in [0, 0.05) is 12.4 Å². The summed E-state index contributed by atoms with van der Waals surface area (Å²) in [5.41, 5.74) is 1.91. The van der Waals surface area contributed by atoms with Crippen LogP contribution < -0.4 is 0 Å². The van der Waals surface area contributed by atoms with Gasteiger partial charge < -0.3 is 10.1 Å². The highest BCUT2D eigenvalue weighted by molar-refractivity contribution is 7.15. The van der Waals surface area contributed by atoms with Crippen molar-refractivity contribution in [1.82, 2.24) is 15.0 Å². The molecule has 1 aliphatic heterocycles. The lowest BCUT2D eigenvalue weighted by atomic mass is 10.1. The first kappa shape index (κ1) is 13.4. The summed E-state index contributed by atoms with van der Waals surface area (Å²) in [6.45, 7) is 3.77. The number of hydrogen-bond donors (Lipinski definition) is 2. The molecule has 0 aromatic carbocycles. The number of aryl methyl sites for hydroxylation is 2. The SMILES string of the molecule is Cc1ncc(C2=NC(=O)c3c(-c4cnc(C)s4)[nH]c(O)c32)s1. The second kappa shape index (κ2) is 4.59. The molecule has 1 aliphatic rings. The molecule has 4 heterocycles. The third-order valence-corrected chi connectivity index (χ3v) is 5.22. The Kier molecular flexibility index (Phi) is 2.78. The Morgan fingerprint density at radius 3 is 2.27 bits per heavy atom. The van der Waals surface area contributed by atoms with Gasteiger partial charge in [-0.05, 0) is 13.8 Å². The molecule has 0 aliphatic carbocycles. The third-order valence-electron chi connectivity index (χ3n) is 3.37. The zero-order valence-electron chi connectivity index (χ0n) is 11.7. The Bertz CT molecular complexity index is 948. The van der Waals surface area contributed by atoms with Crippen LogP contribution in [0.1, 0.15) is 30.8 Å². The number of carbonyl (C=O) groups is 1. The zero-order chi connectivity index (χ0) is 15.4. The number of aromatic nitrogens is 3. The molecule has 3 aromatic rings. The first-order valence-corrected chi connectivity index (χ1v) is 8.12. The highest BCUT2D eigenvalue weighted by atomic mass is 32.1. The van der Waals surface area contributed by atoms with E-state index in [1.54, 1.807) is 12.4 Å². The predicted octanol–water partition coefficient (Wildman–Crippen LogP) is 2.91. The van der Waals surface area contributed by atoms with Crippen molar-refractivity contribution >= 4 is 34.3 Å². The van der Waals surface area contributed by atoms with Gasteiger partial charge in [-0.2, -0.15) is 0 Å². The van der Waals surface area contributed by atoms with Crippen LogP contribution >= 0.6 is 22.7 Å². The van der Waals surface area contributed by atoms with E-state index < -0.39 is 0 Å². The smallest absolute Gasteiger partial charge is 0.280 e. The molecule has 0 spiro atoms. The van der Waals surface area contributed by atoms with Gasteiger partial charge in [0.25, 0.3) is 5.91 Å². The fraction of sp³-hybridized carbons (Fsp3) is 0.143. The van der Waals surface area contributed by atoms with E-state index in [0.717, 1.165) is 19.8 Å². The van der Waals surface area contributed by atoms with Gasteiger partial charge in [0.15, 0.2) is 5.88 Å². The van der Waals surface area contributed by atoms with Crippen molar-refractivity contribution in [1.29, 1.82) is 0 Å². The molecule has 0 radical (unpaired) electrons. The van der Waals surface area contributed by atoms with Crippen molar-refractivity contribution < 1.29 is 9.90 Å². The van der Waals surface area contributed by atoms with Gasteiger partial charge in [-0.15, -0.1) is 22.7 Å². The van der Waals surface area contributed by atoms with Gasteiger partial charge in [-0.1, -0.05) is 0 Å². The van der Waals surface area contributed by atoms with Gasteiger partial charge in [0.05, 0.1) is 42.3 Å². The maximum atomic E-state index is 12.3. The van der Waals surface area contributed by atoms with Gasteiger partial charge in [-0.25, -0.2) is 15.0 Å². The highest BCUT2D eigenvalue weighted by Gasteiger charge is 2.34. The fourth-order valence-electron chi connectivity index (χ4n) is 2.46. The number of aliphatic imine (C=N–C) groups is 1. The van der Waals surface area contributed by atoms with Gasteiger partial charge in [0.1, 0.15) is 0 Å². The lowest BCUT2D eigenvalue weighted by Gasteiger charge is -1.95. The highest BCUT2D eigenvalue weighted by Crippen LogP contribution is 2.40. The number of hydrogen-bond acceptors (Lipinski definition) is 6. The second-order valence-corrected chi connectivity index (χ2v) is 7.32. The van der Waals surface area contributed by atoms with Crippen LogP contribution in [0, 0.1) is 13.8 Å². The molecule has 8 heteroatoms. The number of aromatic hydroxyl groups is 1. The standard InChI is InChI=1S/C14H10N4O2S2/c1-5-15-3-7(21-5)11-9-10(14(20)17-11)12(18-13(9)19)8-4-16-6(2)22-8/h3-4,17,20H,1-2H3. The normalized spacial score (nSPS) is 13.5. The van der Waals surface area contributed by atoms with Crippen LogP contribution in [0.3, 0.4) is 0 Å². The average molecular weight is 330 g/mol. The van der Waals surface area contributed by atoms with E-state index >= 15 is 0 Å². The predicted molar refractivity (Wildman–Crippen MR) is 85.1 cm³/mol. The molecule has 3 aromatic heterocycles. The molecule has 1 amide bonds. The van der Waals surface area contributed by atoms with Gasteiger partial charge in [0.2, 0.25) is 0 Å². The van der Waals surface area contributed by atoms with Crippen LogP contribution in [-0.4, -0.2) is 31.7 Å². The van der Waals surface area contributed by atoms with Crippen LogP contribution in [0.2, 0.25) is 0 Å². The molecule has 0 saturated heterocycles. The summed E-state index contributed by atoms with van der Waals surface area (Å²) in [4.78, 5) is 29.3. The number of thiazole rings is 2. The Labute approximate surface area is 133 Å². The molecule has 0 unspecified atom stereocenters. The number of carbonyl (C=O) groups excluding carboxylic acids is 1. The lowest BCUT2D eigenvalue weighted by molar-refractivity contribution is 0.101. The Hall–Kier alpha value is -2.32. The summed E-state index contributed by atoms with van der Waals surface area (Å²) in [7, 11) is 0. The van der Waals surface area contributed by atoms with Crippen molar-refractivity contribution in [3.63, 3.8) is 0 Å². The Morgan fingerprint density at radius 2 is 1.68 bits per heavy atom. The van der Waals surface area contributed by atoms with E-state index in [1.165, 1.54) is 22.7 Å². The van der Waals surface area contributed by atoms with E-state index in [1.807, 2.05) is 13.8 Å². The Morgan fingerprint density at radius 1 is 1.05 bits per heavy atom. The second-order valence-electron chi connectivity index (χ2n) is 4.85. The summed E-state index contributed by atoms with van der Waals surface area (Å²) in [6.07, 6.45) is 3.36. The molecule has 110 valence electrons. The van der Waals surface area contributed by atoms with E-state index in [9.17, 15) is 9.90 Å². The number of fused-ring (bicyclic) bond motifs is 1. The van der Waals surface area contributed by atoms with Crippen molar-refractivity contribution in [2.75, 3.05) is 0 Å². The maximum Gasteiger partial charge on any atom is 0.280 e. The molecule has 4 rings (SSSR count). The molecule has 22 heavy (non-hydrogen) atoms. The largest absolute Gasteiger partial charge is 0.494 e. The maximum absolute atomic E-state index is 12.3. The molecular formula is C14H10N4O2S2. The van der Waals surface area contributed by atoms with Crippen LogP contribution in [0.25, 0.3) is 10.6 Å². The molecule has 0 atom stereocenters. The molecule has 2 N–H and O–H groups in total. The lowest BCUT2D eigenvalue weighted by Crippen LogP contribution is -1.96. The summed E-state index contributed by atoms with van der Waals surface area (Å²) in [6, 6.07) is 0. The van der Waals surface area contributed by atoms with Crippen LogP contribution in [0.15, 0.2) is 17.4 Å². The molecule has 0 saturated carbocycles. The average Bonchev–Trinajstić information content (AvgIpc) is 3.19. The van der Waals surface area contributed by atoms with E-state index in [0.29, 0.717) is 22.5 Å². The van der Waals surface area contributed by atoms with E-state index in [-0.39, 0.29) is 11.8 Å². The minimum Gasteiger partial charge on any atom is -0.494 e. The summed E-state index contributed by atoms with van der Waals surface area (Å²) in [5.74, 6) is -0.402. The van der Waals surface area contributed by atoms with Crippen LogP contribution in [0.5, 0.6) is 5.88 Å². The first-order chi connectivity index (χ1) is 10.5. The first-order valence-electron chi connectivity index (χ1n) is 6.48. The van der Waals surface area contributed by atoms with Gasteiger partial charge in [-0.3, -0.25) is 4.79 Å². The van der Waals surface area contributed by atoms with E-state index in [4.69, 9.17) is 0 Å². The van der Waals surface area contributed by atoms with Crippen molar-refractivity contribution in [3.05, 3.63) is 38.4 Å². The monoisotopic (exact) mass is 330 g/mol. The number of H-pyrrole nitrogens is 1. The molecule has 0 bridgehead atoms. The zero-order valence-corrected chi connectivity index (χ0v) is 13.3.